The van der Waals surface area contributed by atoms with Crippen molar-refractivity contribution in [2.24, 2.45) is 0 Å². The molecule has 11 heteroatoms. The summed E-state index contributed by atoms with van der Waals surface area (Å²) in [5.41, 5.74) is -0.655. The maximum atomic E-state index is 16.3. The van der Waals surface area contributed by atoms with Crippen molar-refractivity contribution in [3.05, 3.63) is 143 Å². The monoisotopic (exact) mass is 688 g/mol. The first-order valence-corrected chi connectivity index (χ1v) is 15.4. The van der Waals surface area contributed by atoms with Gasteiger partial charge in [0, 0.05) is 32.7 Å². The van der Waals surface area contributed by atoms with E-state index in [1.807, 2.05) is 6.07 Å². The first-order valence-electron chi connectivity index (χ1n) is 15.4. The summed E-state index contributed by atoms with van der Waals surface area (Å²) >= 11 is 0. The number of nitrogens with zero attached hydrogens (tertiary/aromatic N) is 4. The Morgan fingerprint density at radius 1 is 0.471 bits per heavy atom. The summed E-state index contributed by atoms with van der Waals surface area (Å²) in [6.45, 7) is 0. The quantitative estimate of drug-likeness (QED) is 0.174. The van der Waals surface area contributed by atoms with Crippen LogP contribution in [-0.2, 0) is 12.4 Å². The van der Waals surface area contributed by atoms with E-state index in [4.69, 9.17) is 0 Å². The zero-order chi connectivity index (χ0) is 35.8. The number of hydrogen-bond donors (Lipinski definition) is 0. The van der Waals surface area contributed by atoms with Gasteiger partial charge in [-0.15, -0.1) is 0 Å². The lowest BCUT2D eigenvalue weighted by Crippen LogP contribution is -2.08. The first kappa shape index (κ1) is 31.7. The molecule has 4 nitrogen and oxygen atoms in total. The summed E-state index contributed by atoms with van der Waals surface area (Å²) < 4.78 is 104. The molecule has 0 spiro atoms. The lowest BCUT2D eigenvalue weighted by atomic mass is 9.96. The molecule has 0 fully saturated rings. The summed E-state index contributed by atoms with van der Waals surface area (Å²) in [4.78, 5) is 0. The third-order valence-corrected chi connectivity index (χ3v) is 9.08. The number of halogens is 7. The van der Waals surface area contributed by atoms with Crippen molar-refractivity contribution < 1.29 is 30.7 Å². The topological polar surface area (TPSA) is 57.4 Å². The molecule has 0 N–H and O–H groups in total. The maximum Gasteiger partial charge on any atom is 0.416 e. The fourth-order valence-corrected chi connectivity index (χ4v) is 6.91. The van der Waals surface area contributed by atoms with Gasteiger partial charge in [0.1, 0.15) is 5.82 Å². The van der Waals surface area contributed by atoms with Gasteiger partial charge in [-0.3, -0.25) is 0 Å². The van der Waals surface area contributed by atoms with E-state index in [9.17, 15) is 36.9 Å². The van der Waals surface area contributed by atoms with Crippen LogP contribution in [0.3, 0.4) is 0 Å². The summed E-state index contributed by atoms with van der Waals surface area (Å²) in [6, 6.07) is 30.7. The van der Waals surface area contributed by atoms with E-state index >= 15 is 4.39 Å². The van der Waals surface area contributed by atoms with Crippen molar-refractivity contribution in [1.29, 1.82) is 10.5 Å². The highest BCUT2D eigenvalue weighted by molar-refractivity contribution is 6.12. The highest BCUT2D eigenvalue weighted by Crippen LogP contribution is 2.45. The minimum atomic E-state index is -4.71. The summed E-state index contributed by atoms with van der Waals surface area (Å²) in [7, 11) is 0. The molecule has 0 amide bonds. The number of benzene rings is 6. The van der Waals surface area contributed by atoms with Crippen LogP contribution in [0.25, 0.3) is 66.1 Å². The fraction of sp³-hybridized carbons (Fsp3) is 0.0500. The van der Waals surface area contributed by atoms with Crippen molar-refractivity contribution in [3.8, 4) is 34.6 Å². The van der Waals surface area contributed by atoms with Gasteiger partial charge in [0.15, 0.2) is 0 Å². The molecule has 0 saturated carbocycles. The normalized spacial score (nSPS) is 12.2. The molecule has 2 heterocycles. The van der Waals surface area contributed by atoms with Crippen molar-refractivity contribution in [3.63, 3.8) is 0 Å². The third-order valence-electron chi connectivity index (χ3n) is 9.08. The fourth-order valence-electron chi connectivity index (χ4n) is 6.91. The highest BCUT2D eigenvalue weighted by atomic mass is 19.4. The minimum absolute atomic E-state index is 0.00798. The smallest absolute Gasteiger partial charge is 0.308 e. The lowest BCUT2D eigenvalue weighted by Gasteiger charge is -2.21. The minimum Gasteiger partial charge on any atom is -0.308 e. The number of alkyl halides is 6. The maximum absolute atomic E-state index is 16.3. The van der Waals surface area contributed by atoms with E-state index in [2.05, 4.69) is 6.07 Å². The van der Waals surface area contributed by atoms with E-state index < -0.39 is 29.3 Å². The van der Waals surface area contributed by atoms with Gasteiger partial charge in [0.2, 0.25) is 0 Å². The number of nitriles is 2. The molecule has 248 valence electrons. The molecular weight excluding hydrogens is 669 g/mol. The molecule has 8 rings (SSSR count). The van der Waals surface area contributed by atoms with Crippen LogP contribution in [0.5, 0.6) is 0 Å². The molecule has 0 saturated heterocycles. The Bertz CT molecular complexity index is 2670. The number of aromatic nitrogens is 2. The Morgan fingerprint density at radius 3 is 1.35 bits per heavy atom. The van der Waals surface area contributed by atoms with Crippen molar-refractivity contribution >= 4 is 43.6 Å². The molecule has 0 radical (unpaired) electrons. The number of rotatable bonds is 3. The van der Waals surface area contributed by atoms with Gasteiger partial charge < -0.3 is 9.13 Å². The predicted molar refractivity (Wildman–Crippen MR) is 180 cm³/mol. The number of hydrogen-bond acceptors (Lipinski definition) is 2. The van der Waals surface area contributed by atoms with Crippen LogP contribution in [0.2, 0.25) is 0 Å². The average molecular weight is 689 g/mol. The van der Waals surface area contributed by atoms with E-state index in [-0.39, 0.29) is 44.7 Å². The Morgan fingerprint density at radius 2 is 0.922 bits per heavy atom. The summed E-state index contributed by atoms with van der Waals surface area (Å²) in [5, 5.41) is 21.9. The molecule has 0 aliphatic rings. The molecule has 6 aromatic carbocycles. The summed E-state index contributed by atoms with van der Waals surface area (Å²) in [6.07, 6.45) is -9.42. The highest BCUT2D eigenvalue weighted by Gasteiger charge is 2.33. The van der Waals surface area contributed by atoms with Gasteiger partial charge in [0.25, 0.3) is 0 Å². The second kappa shape index (κ2) is 11.2. The van der Waals surface area contributed by atoms with Crippen LogP contribution < -0.4 is 0 Å². The van der Waals surface area contributed by atoms with Crippen LogP contribution in [0.15, 0.2) is 115 Å². The average Bonchev–Trinajstić information content (AvgIpc) is 3.62. The van der Waals surface area contributed by atoms with E-state index in [1.165, 1.54) is 45.5 Å². The Labute approximate surface area is 284 Å². The Hall–Kier alpha value is -6.59. The van der Waals surface area contributed by atoms with Gasteiger partial charge in [0.05, 0.1) is 67.8 Å². The van der Waals surface area contributed by atoms with Crippen LogP contribution in [-0.4, -0.2) is 9.13 Å². The lowest BCUT2D eigenvalue weighted by molar-refractivity contribution is -0.138. The molecule has 51 heavy (non-hydrogen) atoms. The largest absolute Gasteiger partial charge is 0.416 e. The Balaban J connectivity index is 1.61. The van der Waals surface area contributed by atoms with Gasteiger partial charge in [-0.2, -0.15) is 36.9 Å². The van der Waals surface area contributed by atoms with E-state index in [1.54, 1.807) is 48.5 Å². The van der Waals surface area contributed by atoms with Gasteiger partial charge in [-0.05, 0) is 66.7 Å². The zero-order valence-electron chi connectivity index (χ0n) is 25.9. The van der Waals surface area contributed by atoms with Crippen molar-refractivity contribution in [2.45, 2.75) is 12.4 Å². The van der Waals surface area contributed by atoms with Crippen LogP contribution in [0.4, 0.5) is 30.7 Å². The van der Waals surface area contributed by atoms with Gasteiger partial charge in [-0.1, -0.05) is 48.5 Å². The van der Waals surface area contributed by atoms with Crippen molar-refractivity contribution in [1.82, 2.24) is 9.13 Å². The van der Waals surface area contributed by atoms with Gasteiger partial charge >= 0.3 is 12.4 Å². The molecule has 0 bridgehead atoms. The molecule has 2 aromatic heterocycles. The molecule has 8 aromatic rings. The summed E-state index contributed by atoms with van der Waals surface area (Å²) in [5.74, 6) is -0.866. The van der Waals surface area contributed by atoms with E-state index in [0.29, 0.717) is 32.6 Å². The number of para-hydroxylation sites is 2. The van der Waals surface area contributed by atoms with Crippen molar-refractivity contribution in [2.75, 3.05) is 0 Å². The molecule has 0 unspecified atom stereocenters. The van der Waals surface area contributed by atoms with Crippen LogP contribution in [0, 0.1) is 28.5 Å². The van der Waals surface area contributed by atoms with E-state index in [0.717, 1.165) is 30.3 Å². The Kier molecular flexibility index (Phi) is 6.97. The van der Waals surface area contributed by atoms with Gasteiger partial charge in [-0.25, -0.2) is 4.39 Å². The second-order valence-electron chi connectivity index (χ2n) is 12.0. The molecule has 0 aliphatic heterocycles. The molecular formula is C40H19F7N4. The number of fused-ring (bicyclic) bond motifs is 6. The predicted octanol–water partition coefficient (Wildman–Crippen LogP) is 11.5. The molecule has 0 aliphatic carbocycles. The third kappa shape index (κ3) is 4.97. The molecule has 0 atom stereocenters. The van der Waals surface area contributed by atoms with Crippen LogP contribution in [0.1, 0.15) is 22.3 Å². The SMILES string of the molecule is N#Cc1ccc(-c2c(-n3c4ccccc4c4ccc(C(F)(F)F)cc43)cc(C#N)cc2-n2c3ccccc3c3ccc(C(F)(F)F)cc32)c(F)c1. The standard InChI is InChI=1S/C40H19F7N4/c41-31-15-22(20-48)9-12-30(31)38-36(50-32-7-3-1-5-26(32)28-13-10-24(18-34(28)50)39(42,43)44)16-23(21-49)17-37(38)51-33-8-4-2-6-27(33)29-14-11-25(19-35(29)51)40(45,46)47/h1-19H. The zero-order valence-corrected chi connectivity index (χ0v) is 25.9. The second-order valence-corrected chi connectivity index (χ2v) is 12.0. The van der Waals surface area contributed by atoms with Crippen LogP contribution >= 0.6 is 0 Å². The first-order chi connectivity index (χ1) is 24.4.